The Bertz CT molecular complexity index is 1010. The Morgan fingerprint density at radius 3 is 2.62 bits per heavy atom. The minimum atomic E-state index is -0.0640. The van der Waals surface area contributed by atoms with Crippen LogP contribution in [0.3, 0.4) is 0 Å². The number of anilines is 1. The van der Waals surface area contributed by atoms with Gasteiger partial charge in [0.15, 0.2) is 5.65 Å². The van der Waals surface area contributed by atoms with Crippen LogP contribution < -0.4 is 5.32 Å². The van der Waals surface area contributed by atoms with E-state index in [-0.39, 0.29) is 6.04 Å². The molecule has 0 bridgehead atoms. The SMILES string of the molecule is COC[C@@H](Nc1cc(-c2ccccc2)nc2ccnn12)c1ccnn1C. The molecule has 0 fully saturated rings. The maximum atomic E-state index is 5.41. The van der Waals surface area contributed by atoms with Crippen LogP contribution in [0.15, 0.2) is 60.9 Å². The molecule has 0 unspecified atom stereocenters. The third-order valence-electron chi connectivity index (χ3n) is 4.30. The van der Waals surface area contributed by atoms with Gasteiger partial charge < -0.3 is 10.1 Å². The predicted molar refractivity (Wildman–Crippen MR) is 99.9 cm³/mol. The lowest BCUT2D eigenvalue weighted by molar-refractivity contribution is 0.184. The Hall–Kier alpha value is -3.19. The van der Waals surface area contributed by atoms with Gasteiger partial charge in [-0.2, -0.15) is 14.7 Å². The van der Waals surface area contributed by atoms with Gasteiger partial charge in [-0.15, -0.1) is 0 Å². The molecule has 0 aliphatic heterocycles. The molecular formula is C19H20N6O. The molecule has 1 atom stereocenters. The zero-order valence-corrected chi connectivity index (χ0v) is 14.7. The molecule has 4 rings (SSSR count). The molecule has 0 saturated carbocycles. The third kappa shape index (κ3) is 3.04. The zero-order chi connectivity index (χ0) is 17.9. The highest BCUT2D eigenvalue weighted by Crippen LogP contribution is 2.25. The average Bonchev–Trinajstić information content (AvgIpc) is 3.31. The molecule has 0 radical (unpaired) electrons. The summed E-state index contributed by atoms with van der Waals surface area (Å²) in [6, 6.07) is 15.9. The van der Waals surface area contributed by atoms with E-state index in [0.29, 0.717) is 6.61 Å². The number of hydrogen-bond acceptors (Lipinski definition) is 5. The molecule has 0 saturated heterocycles. The standard InChI is InChI=1S/C19H20N6O/c1-24-17(8-10-20-24)16(13-26-2)23-19-12-15(14-6-4-3-5-7-14)22-18-9-11-21-25(18)19/h3-12,16,23H,13H2,1-2H3/t16-/m1/s1. The Kier molecular flexibility index (Phi) is 4.37. The maximum Gasteiger partial charge on any atom is 0.157 e. The second kappa shape index (κ2) is 6.97. The number of aryl methyl sites for hydroxylation is 1. The van der Waals surface area contributed by atoms with E-state index in [1.807, 2.05) is 60.3 Å². The van der Waals surface area contributed by atoms with Crippen LogP contribution >= 0.6 is 0 Å². The summed E-state index contributed by atoms with van der Waals surface area (Å²) in [6.07, 6.45) is 3.53. The van der Waals surface area contributed by atoms with E-state index >= 15 is 0 Å². The molecule has 4 aromatic rings. The maximum absolute atomic E-state index is 5.41. The highest BCUT2D eigenvalue weighted by molar-refractivity contribution is 5.66. The summed E-state index contributed by atoms with van der Waals surface area (Å²) in [4.78, 5) is 4.71. The number of fused-ring (bicyclic) bond motifs is 1. The molecule has 132 valence electrons. The highest BCUT2D eigenvalue weighted by atomic mass is 16.5. The monoisotopic (exact) mass is 348 g/mol. The summed E-state index contributed by atoms with van der Waals surface area (Å²) in [6.45, 7) is 0.505. The second-order valence-electron chi connectivity index (χ2n) is 6.03. The van der Waals surface area contributed by atoms with Crippen molar-refractivity contribution >= 4 is 11.5 Å². The van der Waals surface area contributed by atoms with Crippen LogP contribution in [-0.4, -0.2) is 38.1 Å². The van der Waals surface area contributed by atoms with Crippen molar-refractivity contribution in [2.45, 2.75) is 6.04 Å². The van der Waals surface area contributed by atoms with Crippen LogP contribution in [0.4, 0.5) is 5.82 Å². The Morgan fingerprint density at radius 1 is 1.08 bits per heavy atom. The van der Waals surface area contributed by atoms with Crippen molar-refractivity contribution in [3.63, 3.8) is 0 Å². The van der Waals surface area contributed by atoms with Gasteiger partial charge in [0.2, 0.25) is 0 Å². The highest BCUT2D eigenvalue weighted by Gasteiger charge is 2.17. The van der Waals surface area contributed by atoms with Crippen molar-refractivity contribution in [1.82, 2.24) is 24.4 Å². The van der Waals surface area contributed by atoms with Crippen LogP contribution in [0.5, 0.6) is 0 Å². The van der Waals surface area contributed by atoms with Gasteiger partial charge in [-0.1, -0.05) is 30.3 Å². The summed E-state index contributed by atoms with van der Waals surface area (Å²) in [7, 11) is 3.61. The number of ether oxygens (including phenoxy) is 1. The fourth-order valence-corrected chi connectivity index (χ4v) is 3.04. The van der Waals surface area contributed by atoms with E-state index in [1.165, 1.54) is 0 Å². The van der Waals surface area contributed by atoms with Crippen molar-refractivity contribution in [1.29, 1.82) is 0 Å². The molecule has 0 aliphatic carbocycles. The molecule has 0 aliphatic rings. The summed E-state index contributed by atoms with van der Waals surface area (Å²) in [5.74, 6) is 0.849. The first-order valence-electron chi connectivity index (χ1n) is 8.40. The molecule has 26 heavy (non-hydrogen) atoms. The van der Waals surface area contributed by atoms with Gasteiger partial charge in [-0.3, -0.25) is 4.68 Å². The lowest BCUT2D eigenvalue weighted by Crippen LogP contribution is -2.21. The van der Waals surface area contributed by atoms with Crippen molar-refractivity contribution in [2.75, 3.05) is 19.0 Å². The predicted octanol–water partition coefficient (Wildman–Crippen LogP) is 2.93. The number of rotatable bonds is 6. The number of aromatic nitrogens is 5. The number of benzene rings is 1. The van der Waals surface area contributed by atoms with Crippen molar-refractivity contribution < 1.29 is 4.74 Å². The quantitative estimate of drug-likeness (QED) is 0.580. The lowest BCUT2D eigenvalue weighted by Gasteiger charge is -2.20. The van der Waals surface area contributed by atoms with Crippen LogP contribution in [0.2, 0.25) is 0 Å². The van der Waals surface area contributed by atoms with E-state index in [1.54, 1.807) is 24.0 Å². The lowest BCUT2D eigenvalue weighted by atomic mass is 10.1. The van der Waals surface area contributed by atoms with Gasteiger partial charge in [0, 0.05) is 38.1 Å². The molecule has 7 nitrogen and oxygen atoms in total. The van der Waals surface area contributed by atoms with Crippen LogP contribution in [0.1, 0.15) is 11.7 Å². The van der Waals surface area contributed by atoms with Crippen molar-refractivity contribution in [3.8, 4) is 11.3 Å². The largest absolute Gasteiger partial charge is 0.382 e. The minimum absolute atomic E-state index is 0.0640. The van der Waals surface area contributed by atoms with E-state index in [2.05, 4.69) is 15.5 Å². The zero-order valence-electron chi connectivity index (χ0n) is 14.7. The van der Waals surface area contributed by atoms with E-state index in [0.717, 1.165) is 28.4 Å². The topological polar surface area (TPSA) is 69.3 Å². The first kappa shape index (κ1) is 16.3. The number of nitrogens with zero attached hydrogens (tertiary/aromatic N) is 5. The van der Waals surface area contributed by atoms with Crippen molar-refractivity contribution in [3.05, 3.63) is 66.6 Å². The molecule has 3 aromatic heterocycles. The van der Waals surface area contributed by atoms with Crippen LogP contribution in [0, 0.1) is 0 Å². The van der Waals surface area contributed by atoms with E-state index < -0.39 is 0 Å². The van der Waals surface area contributed by atoms with Gasteiger partial charge in [0.25, 0.3) is 0 Å². The molecule has 1 aromatic carbocycles. The Morgan fingerprint density at radius 2 is 1.88 bits per heavy atom. The summed E-state index contributed by atoms with van der Waals surface area (Å²) >= 11 is 0. The second-order valence-corrected chi connectivity index (χ2v) is 6.03. The van der Waals surface area contributed by atoms with Gasteiger partial charge in [0.1, 0.15) is 5.82 Å². The minimum Gasteiger partial charge on any atom is -0.382 e. The van der Waals surface area contributed by atoms with Gasteiger partial charge in [-0.25, -0.2) is 4.98 Å². The molecule has 7 heteroatoms. The number of hydrogen-bond donors (Lipinski definition) is 1. The number of methoxy groups -OCH3 is 1. The summed E-state index contributed by atoms with van der Waals surface area (Å²) in [5.41, 5.74) is 3.77. The molecule has 0 amide bonds. The first-order chi connectivity index (χ1) is 12.8. The van der Waals surface area contributed by atoms with Gasteiger partial charge >= 0.3 is 0 Å². The Labute approximate surface area is 151 Å². The average molecular weight is 348 g/mol. The number of nitrogens with one attached hydrogen (secondary N) is 1. The van der Waals surface area contributed by atoms with E-state index in [4.69, 9.17) is 9.72 Å². The smallest absolute Gasteiger partial charge is 0.157 e. The van der Waals surface area contributed by atoms with Gasteiger partial charge in [0.05, 0.1) is 30.2 Å². The van der Waals surface area contributed by atoms with Crippen LogP contribution in [-0.2, 0) is 11.8 Å². The fourth-order valence-electron chi connectivity index (χ4n) is 3.04. The summed E-state index contributed by atoms with van der Waals surface area (Å²) in [5, 5.41) is 12.2. The molecule has 3 heterocycles. The first-order valence-corrected chi connectivity index (χ1v) is 8.40. The van der Waals surface area contributed by atoms with Gasteiger partial charge in [-0.05, 0) is 6.07 Å². The Balaban J connectivity index is 1.77. The molecule has 1 N–H and O–H groups in total. The summed E-state index contributed by atoms with van der Waals surface area (Å²) < 4.78 is 9.06. The van der Waals surface area contributed by atoms with E-state index in [9.17, 15) is 0 Å². The van der Waals surface area contributed by atoms with Crippen LogP contribution in [0.25, 0.3) is 16.9 Å². The third-order valence-corrected chi connectivity index (χ3v) is 4.30. The normalized spacial score (nSPS) is 12.4. The fraction of sp³-hybridized carbons (Fsp3) is 0.211. The molecule has 0 spiro atoms. The van der Waals surface area contributed by atoms with Crippen molar-refractivity contribution in [2.24, 2.45) is 7.05 Å². The molecular weight excluding hydrogens is 328 g/mol.